The molecule has 1 aliphatic rings. The number of nitrogens with one attached hydrogen (secondary N) is 1. The van der Waals surface area contributed by atoms with Gasteiger partial charge in [0.15, 0.2) is 0 Å². The maximum absolute atomic E-state index is 13.4. The highest BCUT2D eigenvalue weighted by molar-refractivity contribution is 6.46. The Balaban J connectivity index is 1.85. The zero-order valence-corrected chi connectivity index (χ0v) is 17.9. The first kappa shape index (κ1) is 20.5. The summed E-state index contributed by atoms with van der Waals surface area (Å²) in [5.41, 5.74) is 6.45. The van der Waals surface area contributed by atoms with E-state index in [1.807, 2.05) is 64.1 Å². The largest absolute Gasteiger partial charge is 0.350 e. The van der Waals surface area contributed by atoms with E-state index in [4.69, 9.17) is 0 Å². The fourth-order valence-corrected chi connectivity index (χ4v) is 3.83. The molecule has 0 saturated heterocycles. The zero-order valence-electron chi connectivity index (χ0n) is 17.9. The van der Waals surface area contributed by atoms with Gasteiger partial charge in [0.2, 0.25) is 0 Å². The summed E-state index contributed by atoms with van der Waals surface area (Å²) in [6.07, 6.45) is 0. The summed E-state index contributed by atoms with van der Waals surface area (Å²) in [5.74, 6) is -1.34. The summed E-state index contributed by atoms with van der Waals surface area (Å²) in [6, 6.07) is 16.9. The Morgan fingerprint density at radius 3 is 2.00 bits per heavy atom. The Hall–Kier alpha value is -3.73. The summed E-state index contributed by atoms with van der Waals surface area (Å²) >= 11 is 0. The van der Waals surface area contributed by atoms with Crippen LogP contribution in [0.1, 0.15) is 27.8 Å². The van der Waals surface area contributed by atoms with E-state index in [1.54, 1.807) is 0 Å². The maximum atomic E-state index is 13.4. The van der Waals surface area contributed by atoms with Gasteiger partial charge in [0.25, 0.3) is 11.8 Å². The first-order valence-corrected chi connectivity index (χ1v) is 10.1. The molecule has 31 heavy (non-hydrogen) atoms. The van der Waals surface area contributed by atoms with Crippen molar-refractivity contribution in [2.45, 2.75) is 27.7 Å². The average Bonchev–Trinajstić information content (AvgIpc) is 2.94. The van der Waals surface area contributed by atoms with Crippen molar-refractivity contribution in [1.29, 1.82) is 0 Å². The Kier molecular flexibility index (Phi) is 5.19. The van der Waals surface area contributed by atoms with E-state index in [0.717, 1.165) is 32.8 Å². The molecule has 0 radical (unpaired) electrons. The highest BCUT2D eigenvalue weighted by atomic mass is 19.1. The maximum Gasteiger partial charge on any atom is 0.282 e. The molecular formula is C26H23FN2O2. The molecule has 3 aromatic rings. The van der Waals surface area contributed by atoms with E-state index in [1.165, 1.54) is 24.3 Å². The molecule has 0 bridgehead atoms. The smallest absolute Gasteiger partial charge is 0.282 e. The summed E-state index contributed by atoms with van der Waals surface area (Å²) in [5, 5.41) is 3.19. The molecule has 0 saturated carbocycles. The average molecular weight is 414 g/mol. The van der Waals surface area contributed by atoms with Crippen LogP contribution in [0.3, 0.4) is 0 Å². The molecule has 0 unspecified atom stereocenters. The van der Waals surface area contributed by atoms with Crippen molar-refractivity contribution >= 4 is 28.8 Å². The molecule has 0 aliphatic carbocycles. The molecule has 5 heteroatoms. The van der Waals surface area contributed by atoms with Crippen LogP contribution in [0.5, 0.6) is 0 Å². The van der Waals surface area contributed by atoms with Crippen LogP contribution in [0, 0.1) is 33.5 Å². The van der Waals surface area contributed by atoms with Crippen molar-refractivity contribution in [1.82, 2.24) is 0 Å². The van der Waals surface area contributed by atoms with Crippen LogP contribution in [-0.2, 0) is 9.59 Å². The minimum absolute atomic E-state index is 0.211. The van der Waals surface area contributed by atoms with Crippen LogP contribution in [0.2, 0.25) is 0 Å². The Morgan fingerprint density at radius 2 is 1.39 bits per heavy atom. The zero-order chi connectivity index (χ0) is 22.3. The number of amides is 2. The minimum atomic E-state index is -0.469. The fraction of sp³-hybridized carbons (Fsp3) is 0.154. The van der Waals surface area contributed by atoms with Crippen LogP contribution in [0.15, 0.2) is 66.4 Å². The van der Waals surface area contributed by atoms with E-state index in [0.29, 0.717) is 16.8 Å². The van der Waals surface area contributed by atoms with E-state index in [-0.39, 0.29) is 5.70 Å². The lowest BCUT2D eigenvalue weighted by atomic mass is 9.99. The van der Waals surface area contributed by atoms with Gasteiger partial charge in [-0.25, -0.2) is 9.29 Å². The second-order valence-electron chi connectivity index (χ2n) is 7.97. The number of halogens is 1. The predicted octanol–water partition coefficient (Wildman–Crippen LogP) is 5.46. The first-order valence-electron chi connectivity index (χ1n) is 10.1. The lowest BCUT2D eigenvalue weighted by molar-refractivity contribution is -0.120. The molecule has 0 atom stereocenters. The van der Waals surface area contributed by atoms with Gasteiger partial charge in [0, 0.05) is 5.69 Å². The number of hydrogen-bond donors (Lipinski definition) is 1. The molecule has 4 nitrogen and oxygen atoms in total. The van der Waals surface area contributed by atoms with Crippen molar-refractivity contribution in [3.8, 4) is 0 Å². The number of carbonyl (C=O) groups is 2. The lowest BCUT2D eigenvalue weighted by Crippen LogP contribution is -2.32. The van der Waals surface area contributed by atoms with Crippen molar-refractivity contribution in [2.24, 2.45) is 0 Å². The van der Waals surface area contributed by atoms with Crippen LogP contribution in [-0.4, -0.2) is 11.8 Å². The third kappa shape index (κ3) is 3.87. The number of nitrogens with zero attached hydrogens (tertiary/aromatic N) is 1. The van der Waals surface area contributed by atoms with Gasteiger partial charge in [-0.2, -0.15) is 0 Å². The quantitative estimate of drug-likeness (QED) is 0.577. The molecule has 0 spiro atoms. The standard InChI is InChI=1S/C26H23FN2O2/c1-15-11-16(2)13-21(12-15)28-24-23(19-6-5-17(3)18(4)14-19)25(30)29(26(24)31)22-9-7-20(27)8-10-22/h5-14,28H,1-4H3. The SMILES string of the molecule is Cc1cc(C)cc(NC2=C(c3ccc(C)c(C)c3)C(=O)N(c3ccc(F)cc3)C2=O)c1. The normalized spacial score (nSPS) is 13.9. The monoisotopic (exact) mass is 414 g/mol. The number of anilines is 2. The van der Waals surface area contributed by atoms with Gasteiger partial charge >= 0.3 is 0 Å². The van der Waals surface area contributed by atoms with Gasteiger partial charge in [-0.05, 0) is 91.9 Å². The molecule has 4 rings (SSSR count). The van der Waals surface area contributed by atoms with Crippen molar-refractivity contribution in [3.05, 3.63) is 100.0 Å². The van der Waals surface area contributed by atoms with E-state index in [2.05, 4.69) is 5.32 Å². The topological polar surface area (TPSA) is 49.4 Å². The van der Waals surface area contributed by atoms with Crippen molar-refractivity contribution in [3.63, 3.8) is 0 Å². The molecule has 3 aromatic carbocycles. The first-order chi connectivity index (χ1) is 14.7. The van der Waals surface area contributed by atoms with Gasteiger partial charge in [0.05, 0.1) is 11.3 Å². The van der Waals surface area contributed by atoms with Crippen molar-refractivity contribution in [2.75, 3.05) is 10.2 Å². The number of benzene rings is 3. The molecule has 1 aliphatic heterocycles. The highest BCUT2D eigenvalue weighted by Crippen LogP contribution is 2.34. The molecular weight excluding hydrogens is 391 g/mol. The van der Waals surface area contributed by atoms with Crippen LogP contribution < -0.4 is 10.2 Å². The third-order valence-electron chi connectivity index (χ3n) is 5.46. The highest BCUT2D eigenvalue weighted by Gasteiger charge is 2.40. The number of rotatable bonds is 4. The summed E-state index contributed by atoms with van der Waals surface area (Å²) < 4.78 is 13.4. The number of hydrogen-bond acceptors (Lipinski definition) is 3. The molecule has 2 amide bonds. The molecule has 0 fully saturated rings. The van der Waals surface area contributed by atoms with Gasteiger partial charge in [-0.3, -0.25) is 9.59 Å². The van der Waals surface area contributed by atoms with Crippen LogP contribution in [0.4, 0.5) is 15.8 Å². The number of carbonyl (C=O) groups excluding carboxylic acids is 2. The Labute approximate surface area is 181 Å². The Bertz CT molecular complexity index is 1220. The predicted molar refractivity (Wildman–Crippen MR) is 121 cm³/mol. The third-order valence-corrected chi connectivity index (χ3v) is 5.46. The van der Waals surface area contributed by atoms with Crippen LogP contribution >= 0.6 is 0 Å². The molecule has 1 N–H and O–H groups in total. The molecule has 0 aromatic heterocycles. The number of imide groups is 1. The Morgan fingerprint density at radius 1 is 0.742 bits per heavy atom. The van der Waals surface area contributed by atoms with E-state index in [9.17, 15) is 14.0 Å². The van der Waals surface area contributed by atoms with E-state index >= 15 is 0 Å². The molecule has 1 heterocycles. The van der Waals surface area contributed by atoms with Gasteiger partial charge in [0.1, 0.15) is 11.5 Å². The van der Waals surface area contributed by atoms with E-state index < -0.39 is 17.6 Å². The second-order valence-corrected chi connectivity index (χ2v) is 7.97. The summed E-state index contributed by atoms with van der Waals surface area (Å²) in [6.45, 7) is 7.91. The van der Waals surface area contributed by atoms with Gasteiger partial charge < -0.3 is 5.32 Å². The lowest BCUT2D eigenvalue weighted by Gasteiger charge is -2.15. The van der Waals surface area contributed by atoms with Crippen LogP contribution in [0.25, 0.3) is 5.57 Å². The summed E-state index contributed by atoms with van der Waals surface area (Å²) in [4.78, 5) is 27.9. The van der Waals surface area contributed by atoms with Crippen molar-refractivity contribution < 1.29 is 14.0 Å². The molecule has 156 valence electrons. The minimum Gasteiger partial charge on any atom is -0.350 e. The summed E-state index contributed by atoms with van der Waals surface area (Å²) in [7, 11) is 0. The number of aryl methyl sites for hydroxylation is 4. The van der Waals surface area contributed by atoms with Gasteiger partial charge in [-0.15, -0.1) is 0 Å². The second kappa shape index (κ2) is 7.84. The van der Waals surface area contributed by atoms with Gasteiger partial charge in [-0.1, -0.05) is 24.3 Å². The fourth-order valence-electron chi connectivity index (χ4n) is 3.83.